The molecule has 1 aliphatic carbocycles. The third kappa shape index (κ3) is 2.49. The first-order chi connectivity index (χ1) is 11.4. The summed E-state index contributed by atoms with van der Waals surface area (Å²) in [6.07, 6.45) is -4.34. The van der Waals surface area contributed by atoms with Gasteiger partial charge in [0.05, 0.1) is 11.3 Å². The Hall–Kier alpha value is -2.60. The van der Waals surface area contributed by atoms with Gasteiger partial charge in [-0.2, -0.15) is 13.2 Å². The zero-order valence-corrected chi connectivity index (χ0v) is 12.9. The SMILES string of the molecule is FC(F)(F)c1ccc(Nc2[nH][nH]c3c4ccc(Cl)cc4cc2-3)cc1. The summed E-state index contributed by atoms with van der Waals surface area (Å²) in [5, 5.41) is 11.8. The van der Waals surface area contributed by atoms with Crippen LogP contribution in [0, 0.1) is 0 Å². The van der Waals surface area contributed by atoms with Crippen molar-refractivity contribution in [1.82, 2.24) is 10.2 Å². The van der Waals surface area contributed by atoms with Crippen LogP contribution in [0.3, 0.4) is 0 Å². The number of rotatable bonds is 2. The molecule has 122 valence electrons. The summed E-state index contributed by atoms with van der Waals surface area (Å²) in [7, 11) is 0. The number of hydrogen-bond donors (Lipinski definition) is 3. The first kappa shape index (κ1) is 15.0. The second-order valence-corrected chi connectivity index (χ2v) is 5.93. The molecular formula is C17H11ClF3N3. The molecule has 3 nitrogen and oxygen atoms in total. The van der Waals surface area contributed by atoms with Gasteiger partial charge in [0.15, 0.2) is 0 Å². The van der Waals surface area contributed by atoms with Crippen LogP contribution in [-0.4, -0.2) is 10.2 Å². The molecule has 0 spiro atoms. The maximum absolute atomic E-state index is 12.6. The summed E-state index contributed by atoms with van der Waals surface area (Å²) in [4.78, 5) is 0. The molecular weight excluding hydrogens is 339 g/mol. The number of alkyl halides is 3. The number of fused-ring (bicyclic) bond motifs is 3. The molecule has 7 heteroatoms. The number of benzene rings is 2. The van der Waals surface area contributed by atoms with Gasteiger partial charge in [0.1, 0.15) is 5.82 Å². The van der Waals surface area contributed by atoms with Crippen molar-refractivity contribution in [2.45, 2.75) is 6.18 Å². The summed E-state index contributed by atoms with van der Waals surface area (Å²) in [6.45, 7) is 0. The molecule has 4 rings (SSSR count). The normalized spacial score (nSPS) is 12.2. The highest BCUT2D eigenvalue weighted by Gasteiger charge is 2.30. The molecule has 24 heavy (non-hydrogen) atoms. The fourth-order valence-corrected chi connectivity index (χ4v) is 2.94. The smallest absolute Gasteiger partial charge is 0.340 e. The average Bonchev–Trinajstić information content (AvgIpc) is 3.06. The molecule has 3 N–H and O–H groups in total. The molecule has 0 saturated carbocycles. The third-order valence-corrected chi connectivity index (χ3v) is 4.15. The highest BCUT2D eigenvalue weighted by Crippen LogP contribution is 2.39. The van der Waals surface area contributed by atoms with Crippen LogP contribution >= 0.6 is 11.6 Å². The summed E-state index contributed by atoms with van der Waals surface area (Å²) >= 11 is 6.01. The lowest BCUT2D eigenvalue weighted by Gasteiger charge is -2.08. The molecule has 0 radical (unpaired) electrons. The zero-order chi connectivity index (χ0) is 16.9. The van der Waals surface area contributed by atoms with Gasteiger partial charge in [-0.25, -0.2) is 0 Å². The maximum atomic E-state index is 12.6. The molecule has 0 amide bonds. The van der Waals surface area contributed by atoms with Crippen LogP contribution in [0.4, 0.5) is 24.7 Å². The van der Waals surface area contributed by atoms with E-state index in [4.69, 9.17) is 11.6 Å². The van der Waals surface area contributed by atoms with Crippen molar-refractivity contribution in [2.75, 3.05) is 5.32 Å². The molecule has 0 fully saturated rings. The Balaban J connectivity index is 1.67. The van der Waals surface area contributed by atoms with E-state index in [0.29, 0.717) is 16.5 Å². The molecule has 0 bridgehead atoms. The quantitative estimate of drug-likeness (QED) is 0.407. The van der Waals surface area contributed by atoms with Crippen LogP contribution < -0.4 is 5.32 Å². The van der Waals surface area contributed by atoms with Gasteiger partial charge in [0.25, 0.3) is 0 Å². The third-order valence-electron chi connectivity index (χ3n) is 3.92. The van der Waals surface area contributed by atoms with Crippen molar-refractivity contribution in [3.63, 3.8) is 0 Å². The van der Waals surface area contributed by atoms with Gasteiger partial charge in [0.2, 0.25) is 0 Å². The molecule has 0 unspecified atom stereocenters. The molecule has 2 aromatic carbocycles. The van der Waals surface area contributed by atoms with E-state index in [1.54, 1.807) is 0 Å². The van der Waals surface area contributed by atoms with E-state index < -0.39 is 11.7 Å². The van der Waals surface area contributed by atoms with Crippen molar-refractivity contribution in [3.8, 4) is 11.3 Å². The Morgan fingerprint density at radius 3 is 2.38 bits per heavy atom. The van der Waals surface area contributed by atoms with Gasteiger partial charge >= 0.3 is 6.18 Å². The summed E-state index contributed by atoms with van der Waals surface area (Å²) in [5.74, 6) is 0.678. The minimum absolute atomic E-state index is 0.559. The number of aromatic amines is 2. The van der Waals surface area contributed by atoms with Crippen molar-refractivity contribution in [2.24, 2.45) is 0 Å². The molecule has 0 aromatic heterocycles. The van der Waals surface area contributed by atoms with Crippen molar-refractivity contribution < 1.29 is 13.2 Å². The van der Waals surface area contributed by atoms with Gasteiger partial charge in [-0.05, 0) is 47.9 Å². The Bertz CT molecular complexity index is 983. The van der Waals surface area contributed by atoms with Crippen molar-refractivity contribution in [3.05, 3.63) is 59.1 Å². The molecule has 2 aliphatic rings. The van der Waals surface area contributed by atoms with E-state index in [1.807, 2.05) is 24.3 Å². The first-order valence-electron chi connectivity index (χ1n) is 7.14. The summed E-state index contributed by atoms with van der Waals surface area (Å²) in [6, 6.07) is 12.5. The highest BCUT2D eigenvalue weighted by atomic mass is 35.5. The van der Waals surface area contributed by atoms with E-state index >= 15 is 0 Å². The Labute approximate surface area is 139 Å². The Kier molecular flexibility index (Phi) is 3.25. The maximum Gasteiger partial charge on any atom is 0.416 e. The van der Waals surface area contributed by atoms with Crippen LogP contribution in [0.25, 0.3) is 22.0 Å². The van der Waals surface area contributed by atoms with Crippen LogP contribution in [-0.2, 0) is 6.18 Å². The minimum Gasteiger partial charge on any atom is -0.340 e. The fourth-order valence-electron chi connectivity index (χ4n) is 2.76. The minimum atomic E-state index is -4.34. The van der Waals surface area contributed by atoms with Gasteiger partial charge < -0.3 is 5.32 Å². The highest BCUT2D eigenvalue weighted by molar-refractivity contribution is 6.31. The number of aromatic nitrogens is 2. The Morgan fingerprint density at radius 2 is 1.67 bits per heavy atom. The van der Waals surface area contributed by atoms with Crippen molar-refractivity contribution >= 4 is 33.9 Å². The summed E-state index contributed by atoms with van der Waals surface area (Å²) in [5.41, 5.74) is 1.71. The van der Waals surface area contributed by atoms with E-state index in [9.17, 15) is 13.2 Å². The number of hydrogen-bond acceptors (Lipinski definition) is 1. The molecule has 0 saturated heterocycles. The average molecular weight is 350 g/mol. The predicted octanol–water partition coefficient (Wildman–Crippen LogP) is 6.02. The van der Waals surface area contributed by atoms with E-state index in [0.717, 1.165) is 34.2 Å². The largest absolute Gasteiger partial charge is 0.416 e. The monoisotopic (exact) mass is 349 g/mol. The molecule has 1 aliphatic heterocycles. The van der Waals surface area contributed by atoms with E-state index in [2.05, 4.69) is 15.5 Å². The van der Waals surface area contributed by atoms with Gasteiger partial charge in [0, 0.05) is 21.7 Å². The van der Waals surface area contributed by atoms with E-state index in [-0.39, 0.29) is 0 Å². The lowest BCUT2D eigenvalue weighted by atomic mass is 10.2. The number of H-pyrrole nitrogens is 2. The predicted molar refractivity (Wildman–Crippen MR) is 89.0 cm³/mol. The number of halogens is 4. The fraction of sp³-hybridized carbons (Fsp3) is 0.0588. The zero-order valence-electron chi connectivity index (χ0n) is 12.1. The Morgan fingerprint density at radius 1 is 0.917 bits per heavy atom. The topological polar surface area (TPSA) is 43.6 Å². The second-order valence-electron chi connectivity index (χ2n) is 5.49. The van der Waals surface area contributed by atoms with Gasteiger partial charge in [-0.3, -0.25) is 10.2 Å². The molecule has 0 atom stereocenters. The number of nitrogens with one attached hydrogen (secondary N) is 3. The van der Waals surface area contributed by atoms with Crippen LogP contribution in [0.5, 0.6) is 0 Å². The second kappa shape index (κ2) is 5.21. The summed E-state index contributed by atoms with van der Waals surface area (Å²) < 4.78 is 37.8. The molecule has 2 aromatic rings. The van der Waals surface area contributed by atoms with E-state index in [1.165, 1.54) is 12.1 Å². The molecule has 1 heterocycles. The van der Waals surface area contributed by atoms with Crippen LogP contribution in [0.15, 0.2) is 48.5 Å². The first-order valence-corrected chi connectivity index (χ1v) is 7.52. The lowest BCUT2D eigenvalue weighted by molar-refractivity contribution is -0.137. The lowest BCUT2D eigenvalue weighted by Crippen LogP contribution is -2.04. The van der Waals surface area contributed by atoms with Crippen LogP contribution in [0.1, 0.15) is 5.56 Å². The van der Waals surface area contributed by atoms with Gasteiger partial charge in [-0.1, -0.05) is 17.7 Å². The van der Waals surface area contributed by atoms with Gasteiger partial charge in [-0.15, -0.1) is 0 Å². The number of anilines is 2. The standard InChI is InChI=1S/C17H11ClF3N3/c18-11-3-6-13-9(7-11)8-14-15(13)23-24-16(14)22-12-4-1-10(2-5-12)17(19,20)21/h1-8,22-24H. The van der Waals surface area contributed by atoms with Crippen molar-refractivity contribution in [1.29, 1.82) is 0 Å². The van der Waals surface area contributed by atoms with Crippen LogP contribution in [0.2, 0.25) is 5.02 Å².